The van der Waals surface area contributed by atoms with Gasteiger partial charge in [-0.25, -0.2) is 4.79 Å². The van der Waals surface area contributed by atoms with E-state index in [-0.39, 0.29) is 0 Å². The first-order valence-corrected chi connectivity index (χ1v) is 6.43. The second-order valence-electron chi connectivity index (χ2n) is 5.13. The van der Waals surface area contributed by atoms with Gasteiger partial charge in [0.2, 0.25) is 0 Å². The lowest BCUT2D eigenvalue weighted by Crippen LogP contribution is -2.23. The van der Waals surface area contributed by atoms with Gasteiger partial charge in [-0.05, 0) is 31.4 Å². The first-order valence-electron chi connectivity index (χ1n) is 6.43. The molecule has 0 bridgehead atoms. The van der Waals surface area contributed by atoms with Crippen LogP contribution in [0.2, 0.25) is 0 Å². The average Bonchev–Trinajstić information content (AvgIpc) is 2.61. The Hall–Kier alpha value is -2.10. The van der Waals surface area contributed by atoms with E-state index in [4.69, 9.17) is 5.11 Å². The van der Waals surface area contributed by atoms with Crippen LogP contribution in [0.1, 0.15) is 38.8 Å². The topological polar surface area (TPSA) is 55.1 Å². The molecule has 1 unspecified atom stereocenters. The summed E-state index contributed by atoms with van der Waals surface area (Å²) in [6.07, 6.45) is 1.05. The van der Waals surface area contributed by atoms with Crippen molar-refractivity contribution in [3.63, 3.8) is 0 Å². The van der Waals surface area contributed by atoms with Crippen LogP contribution in [0.15, 0.2) is 24.3 Å². The van der Waals surface area contributed by atoms with Crippen LogP contribution < -0.4 is 0 Å². The number of rotatable bonds is 3. The number of aromatic nitrogens is 2. The van der Waals surface area contributed by atoms with E-state index < -0.39 is 5.97 Å². The largest absolute Gasteiger partial charge is 0.478 e. The van der Waals surface area contributed by atoms with E-state index in [9.17, 15) is 4.79 Å². The van der Waals surface area contributed by atoms with Crippen LogP contribution in [-0.4, -0.2) is 20.9 Å². The van der Waals surface area contributed by atoms with E-state index in [1.54, 1.807) is 6.92 Å². The lowest BCUT2D eigenvalue weighted by atomic mass is 9.77. The molecule has 1 atom stereocenters. The molecule has 1 aromatic heterocycles. The number of carbonyl (C=O) groups is 1. The van der Waals surface area contributed by atoms with Crippen molar-refractivity contribution in [1.29, 1.82) is 0 Å². The SMILES string of the molecule is Cc1nn(CC2Cc3ccccc32)c(C)c1C(=O)O. The van der Waals surface area contributed by atoms with Crippen LogP contribution in [0.25, 0.3) is 0 Å². The fourth-order valence-electron chi connectivity index (χ4n) is 2.92. The van der Waals surface area contributed by atoms with Gasteiger partial charge in [-0.3, -0.25) is 4.68 Å². The number of hydrogen-bond donors (Lipinski definition) is 1. The lowest BCUT2D eigenvalue weighted by molar-refractivity contribution is 0.0695. The minimum atomic E-state index is -0.893. The number of aromatic carboxylic acids is 1. The number of hydrogen-bond acceptors (Lipinski definition) is 2. The molecule has 98 valence electrons. The molecule has 1 heterocycles. The quantitative estimate of drug-likeness (QED) is 0.918. The molecule has 0 radical (unpaired) electrons. The van der Waals surface area contributed by atoms with E-state index in [1.807, 2.05) is 11.6 Å². The van der Waals surface area contributed by atoms with Crippen LogP contribution in [0, 0.1) is 13.8 Å². The van der Waals surface area contributed by atoms with Gasteiger partial charge < -0.3 is 5.11 Å². The van der Waals surface area contributed by atoms with E-state index in [2.05, 4.69) is 29.4 Å². The first kappa shape index (κ1) is 12.0. The summed E-state index contributed by atoms with van der Waals surface area (Å²) in [4.78, 5) is 11.2. The zero-order valence-electron chi connectivity index (χ0n) is 11.1. The Balaban J connectivity index is 1.87. The monoisotopic (exact) mass is 256 g/mol. The minimum absolute atomic E-state index is 0.340. The molecule has 4 nitrogen and oxygen atoms in total. The highest BCUT2D eigenvalue weighted by Gasteiger charge is 2.27. The Kier molecular flexibility index (Phi) is 2.66. The zero-order valence-corrected chi connectivity index (χ0v) is 11.1. The lowest BCUT2D eigenvalue weighted by Gasteiger charge is -2.30. The summed E-state index contributed by atoms with van der Waals surface area (Å²) in [5.41, 5.74) is 4.44. The molecule has 1 aromatic carbocycles. The van der Waals surface area contributed by atoms with Crippen molar-refractivity contribution < 1.29 is 9.90 Å². The molecule has 2 aromatic rings. The molecule has 0 spiro atoms. The minimum Gasteiger partial charge on any atom is -0.478 e. The molecular formula is C15H16N2O2. The number of aryl methyl sites for hydroxylation is 1. The van der Waals surface area contributed by atoms with Gasteiger partial charge in [0.05, 0.1) is 11.4 Å². The van der Waals surface area contributed by atoms with Crippen LogP contribution in [0.3, 0.4) is 0 Å². The van der Waals surface area contributed by atoms with Crippen molar-refractivity contribution in [3.8, 4) is 0 Å². The van der Waals surface area contributed by atoms with Crippen molar-refractivity contribution in [2.75, 3.05) is 0 Å². The van der Waals surface area contributed by atoms with Crippen molar-refractivity contribution in [2.24, 2.45) is 0 Å². The van der Waals surface area contributed by atoms with Gasteiger partial charge in [-0.15, -0.1) is 0 Å². The third-order valence-corrected chi connectivity index (χ3v) is 3.95. The number of benzene rings is 1. The molecule has 0 fully saturated rings. The van der Waals surface area contributed by atoms with Gasteiger partial charge in [0.1, 0.15) is 5.56 Å². The van der Waals surface area contributed by atoms with Crippen LogP contribution >= 0.6 is 0 Å². The molecule has 0 saturated carbocycles. The summed E-state index contributed by atoms with van der Waals surface area (Å²) < 4.78 is 1.83. The third-order valence-electron chi connectivity index (χ3n) is 3.95. The molecule has 0 amide bonds. The van der Waals surface area contributed by atoms with Gasteiger partial charge in [0.25, 0.3) is 0 Å². The second-order valence-corrected chi connectivity index (χ2v) is 5.13. The number of nitrogens with zero attached hydrogens (tertiary/aromatic N) is 2. The molecule has 0 aliphatic heterocycles. The maximum atomic E-state index is 11.2. The Bertz CT molecular complexity index is 658. The van der Waals surface area contributed by atoms with Crippen molar-refractivity contribution in [2.45, 2.75) is 32.7 Å². The normalized spacial score (nSPS) is 16.8. The molecular weight excluding hydrogens is 240 g/mol. The Morgan fingerprint density at radius 1 is 1.42 bits per heavy atom. The smallest absolute Gasteiger partial charge is 0.339 e. The van der Waals surface area contributed by atoms with Gasteiger partial charge in [-0.2, -0.15) is 5.10 Å². The predicted octanol–water partition coefficient (Wildman–Crippen LogP) is 2.54. The first-order chi connectivity index (χ1) is 9.08. The molecule has 19 heavy (non-hydrogen) atoms. The van der Waals surface area contributed by atoms with E-state index in [0.29, 0.717) is 17.2 Å². The zero-order chi connectivity index (χ0) is 13.6. The number of fused-ring (bicyclic) bond motifs is 1. The van der Waals surface area contributed by atoms with Crippen LogP contribution in [0.5, 0.6) is 0 Å². The number of carboxylic acid groups (broad SMARTS) is 1. The molecule has 1 aliphatic carbocycles. The highest BCUT2D eigenvalue weighted by Crippen LogP contribution is 2.36. The third kappa shape index (κ3) is 1.84. The maximum absolute atomic E-state index is 11.2. The van der Waals surface area contributed by atoms with Crippen molar-refractivity contribution in [1.82, 2.24) is 9.78 Å². The fraction of sp³-hybridized carbons (Fsp3) is 0.333. The standard InChI is InChI=1S/C15H16N2O2/c1-9-14(15(18)19)10(2)17(16-9)8-12-7-11-5-3-4-6-13(11)12/h3-6,12H,7-8H2,1-2H3,(H,18,19). The summed E-state index contributed by atoms with van der Waals surface area (Å²) >= 11 is 0. The predicted molar refractivity (Wildman–Crippen MR) is 71.5 cm³/mol. The van der Waals surface area contributed by atoms with Gasteiger partial charge in [0.15, 0.2) is 0 Å². The van der Waals surface area contributed by atoms with Crippen LogP contribution in [0.4, 0.5) is 0 Å². The molecule has 1 aliphatic rings. The summed E-state index contributed by atoms with van der Waals surface area (Å²) in [5, 5.41) is 13.5. The summed E-state index contributed by atoms with van der Waals surface area (Å²) in [6, 6.07) is 8.40. The average molecular weight is 256 g/mol. The summed E-state index contributed by atoms with van der Waals surface area (Å²) in [7, 11) is 0. The van der Waals surface area contributed by atoms with E-state index in [0.717, 1.165) is 18.7 Å². The van der Waals surface area contributed by atoms with Gasteiger partial charge in [0, 0.05) is 12.5 Å². The Morgan fingerprint density at radius 2 is 2.16 bits per heavy atom. The van der Waals surface area contributed by atoms with Gasteiger partial charge >= 0.3 is 5.97 Å². The second kappa shape index (κ2) is 4.23. The number of carboxylic acids is 1. The molecule has 3 rings (SSSR count). The fourth-order valence-corrected chi connectivity index (χ4v) is 2.92. The van der Waals surface area contributed by atoms with Crippen LogP contribution in [-0.2, 0) is 13.0 Å². The molecule has 1 N–H and O–H groups in total. The van der Waals surface area contributed by atoms with Crippen molar-refractivity contribution in [3.05, 3.63) is 52.3 Å². The van der Waals surface area contributed by atoms with Crippen molar-refractivity contribution >= 4 is 5.97 Å². The van der Waals surface area contributed by atoms with E-state index in [1.165, 1.54) is 11.1 Å². The maximum Gasteiger partial charge on any atom is 0.339 e. The Morgan fingerprint density at radius 3 is 2.79 bits per heavy atom. The summed E-state index contributed by atoms with van der Waals surface area (Å²) in [5.74, 6) is -0.439. The summed E-state index contributed by atoms with van der Waals surface area (Å²) in [6.45, 7) is 4.34. The molecule has 4 heteroatoms. The highest BCUT2D eigenvalue weighted by molar-refractivity contribution is 5.90. The Labute approximate surface area is 111 Å². The molecule has 0 saturated heterocycles. The van der Waals surface area contributed by atoms with Gasteiger partial charge in [-0.1, -0.05) is 24.3 Å². The highest BCUT2D eigenvalue weighted by atomic mass is 16.4. The van der Waals surface area contributed by atoms with E-state index >= 15 is 0 Å².